The second-order valence-corrected chi connectivity index (χ2v) is 7.91. The van der Waals surface area contributed by atoms with Crippen LogP contribution in [-0.2, 0) is 11.3 Å². The number of nitrogens with zero attached hydrogens (tertiary/aromatic N) is 1. The molecule has 5 rings (SSSR count). The lowest BCUT2D eigenvalue weighted by Crippen LogP contribution is -2.32. The first-order valence-corrected chi connectivity index (χ1v) is 10.8. The maximum Gasteiger partial charge on any atom is 0.290 e. The number of methoxy groups -OCH3 is 1. The maximum absolute atomic E-state index is 13.4. The van der Waals surface area contributed by atoms with Crippen molar-refractivity contribution in [3.05, 3.63) is 112 Å². The third-order valence-electron chi connectivity index (χ3n) is 5.85. The molecular formula is C27H23NO5. The highest BCUT2D eigenvalue weighted by Gasteiger charge is 2.42. The molecule has 1 amide bonds. The second-order valence-electron chi connectivity index (χ2n) is 7.91. The van der Waals surface area contributed by atoms with Crippen molar-refractivity contribution in [3.8, 4) is 5.75 Å². The van der Waals surface area contributed by atoms with Gasteiger partial charge in [0.05, 0.1) is 23.6 Å². The SMILES string of the molecule is COCCN1C(=O)c2oc3ccccc3c(=O)c2C1c1ccc(OCc2ccccc2)cc1. The van der Waals surface area contributed by atoms with E-state index in [0.717, 1.165) is 11.1 Å². The Hall–Kier alpha value is -3.90. The maximum atomic E-state index is 13.4. The molecule has 0 fully saturated rings. The lowest BCUT2D eigenvalue weighted by Gasteiger charge is -2.25. The highest BCUT2D eigenvalue weighted by atomic mass is 16.5. The zero-order valence-corrected chi connectivity index (χ0v) is 18.2. The highest BCUT2D eigenvalue weighted by molar-refractivity contribution is 5.99. The first kappa shape index (κ1) is 21.0. The van der Waals surface area contributed by atoms with E-state index in [2.05, 4.69) is 0 Å². The molecule has 166 valence electrons. The molecule has 1 aliphatic rings. The second kappa shape index (κ2) is 8.92. The molecule has 2 heterocycles. The lowest BCUT2D eigenvalue weighted by molar-refractivity contribution is 0.0663. The number of benzene rings is 3. The van der Waals surface area contributed by atoms with Gasteiger partial charge in [-0.1, -0.05) is 54.6 Å². The van der Waals surface area contributed by atoms with Gasteiger partial charge in [0.2, 0.25) is 5.76 Å². The minimum Gasteiger partial charge on any atom is -0.489 e. The quantitative estimate of drug-likeness (QED) is 0.420. The summed E-state index contributed by atoms with van der Waals surface area (Å²) in [5.74, 6) is 0.504. The monoisotopic (exact) mass is 441 g/mol. The van der Waals surface area contributed by atoms with Gasteiger partial charge in [-0.05, 0) is 35.4 Å². The van der Waals surface area contributed by atoms with Crippen molar-refractivity contribution in [2.75, 3.05) is 20.3 Å². The van der Waals surface area contributed by atoms with E-state index in [-0.39, 0.29) is 17.1 Å². The van der Waals surface area contributed by atoms with Crippen molar-refractivity contribution in [2.24, 2.45) is 0 Å². The van der Waals surface area contributed by atoms with Gasteiger partial charge in [-0.2, -0.15) is 0 Å². The van der Waals surface area contributed by atoms with Crippen LogP contribution < -0.4 is 10.2 Å². The van der Waals surface area contributed by atoms with Gasteiger partial charge in [0.1, 0.15) is 17.9 Å². The summed E-state index contributed by atoms with van der Waals surface area (Å²) in [6.07, 6.45) is 0. The molecule has 6 heteroatoms. The molecule has 0 N–H and O–H groups in total. The van der Waals surface area contributed by atoms with Crippen molar-refractivity contribution in [1.82, 2.24) is 4.90 Å². The molecule has 1 unspecified atom stereocenters. The molecule has 3 aromatic carbocycles. The third-order valence-corrected chi connectivity index (χ3v) is 5.85. The molecule has 0 aliphatic carbocycles. The van der Waals surface area contributed by atoms with Crippen molar-refractivity contribution in [2.45, 2.75) is 12.6 Å². The molecule has 0 radical (unpaired) electrons. The Balaban J connectivity index is 1.51. The molecule has 6 nitrogen and oxygen atoms in total. The van der Waals surface area contributed by atoms with Crippen LogP contribution in [0.4, 0.5) is 0 Å². The van der Waals surface area contributed by atoms with Gasteiger partial charge in [0, 0.05) is 13.7 Å². The van der Waals surface area contributed by atoms with E-state index >= 15 is 0 Å². The van der Waals surface area contributed by atoms with Crippen LogP contribution >= 0.6 is 0 Å². The van der Waals surface area contributed by atoms with E-state index in [9.17, 15) is 9.59 Å². The van der Waals surface area contributed by atoms with E-state index in [1.54, 1.807) is 36.3 Å². The minimum absolute atomic E-state index is 0.101. The predicted octanol–water partition coefficient (Wildman–Crippen LogP) is 4.56. The van der Waals surface area contributed by atoms with Gasteiger partial charge in [-0.25, -0.2) is 0 Å². The summed E-state index contributed by atoms with van der Waals surface area (Å²) >= 11 is 0. The van der Waals surface area contributed by atoms with Crippen LogP contribution in [0.2, 0.25) is 0 Å². The van der Waals surface area contributed by atoms with Crippen molar-refractivity contribution < 1.29 is 18.7 Å². The molecular weight excluding hydrogens is 418 g/mol. The molecule has 1 aliphatic heterocycles. The van der Waals surface area contributed by atoms with Gasteiger partial charge >= 0.3 is 0 Å². The van der Waals surface area contributed by atoms with Crippen molar-refractivity contribution in [1.29, 1.82) is 0 Å². The lowest BCUT2D eigenvalue weighted by atomic mass is 9.98. The van der Waals surface area contributed by atoms with Gasteiger partial charge in [-0.3, -0.25) is 9.59 Å². The standard InChI is InChI=1S/C27H23NO5/c1-31-16-15-28-24(19-11-13-20(14-12-19)32-17-18-7-3-2-4-8-18)23-25(29)21-9-5-6-10-22(21)33-26(23)27(28)30/h2-14,24H,15-17H2,1H3. The number of ether oxygens (including phenoxy) is 2. The van der Waals surface area contributed by atoms with E-state index in [1.165, 1.54) is 0 Å². The smallest absolute Gasteiger partial charge is 0.290 e. The Morgan fingerprint density at radius 1 is 0.909 bits per heavy atom. The summed E-state index contributed by atoms with van der Waals surface area (Å²) in [5, 5.41) is 0.463. The van der Waals surface area contributed by atoms with Crippen molar-refractivity contribution in [3.63, 3.8) is 0 Å². The van der Waals surface area contributed by atoms with Crippen LogP contribution in [0.3, 0.4) is 0 Å². The third kappa shape index (κ3) is 3.90. The molecule has 33 heavy (non-hydrogen) atoms. The van der Waals surface area contributed by atoms with Crippen LogP contribution in [0.5, 0.6) is 5.75 Å². The Kier molecular flexibility index (Phi) is 5.67. The zero-order chi connectivity index (χ0) is 22.8. The summed E-state index contributed by atoms with van der Waals surface area (Å²) in [5.41, 5.74) is 2.48. The Bertz CT molecular complexity index is 1340. The summed E-state index contributed by atoms with van der Waals surface area (Å²) in [6, 6.07) is 23.9. The van der Waals surface area contributed by atoms with E-state index in [0.29, 0.717) is 42.0 Å². The first-order chi connectivity index (χ1) is 16.2. The van der Waals surface area contributed by atoms with Crippen LogP contribution in [0.25, 0.3) is 11.0 Å². The number of hydrogen-bond acceptors (Lipinski definition) is 5. The topological polar surface area (TPSA) is 69.0 Å². The summed E-state index contributed by atoms with van der Waals surface area (Å²) in [6.45, 7) is 1.15. The molecule has 1 aromatic heterocycles. The highest BCUT2D eigenvalue weighted by Crippen LogP contribution is 2.38. The van der Waals surface area contributed by atoms with Gasteiger partial charge in [0.15, 0.2) is 5.43 Å². The van der Waals surface area contributed by atoms with E-state index in [1.807, 2.05) is 54.6 Å². The Morgan fingerprint density at radius 3 is 2.39 bits per heavy atom. The zero-order valence-electron chi connectivity index (χ0n) is 18.2. The summed E-state index contributed by atoms with van der Waals surface area (Å²) in [7, 11) is 1.58. The fraction of sp³-hybridized carbons (Fsp3) is 0.185. The van der Waals surface area contributed by atoms with Crippen molar-refractivity contribution >= 4 is 16.9 Å². The van der Waals surface area contributed by atoms with Gasteiger partial charge < -0.3 is 18.8 Å². The number of fused-ring (bicyclic) bond motifs is 2. The number of hydrogen-bond donors (Lipinski definition) is 0. The van der Waals surface area contributed by atoms with Crippen LogP contribution in [0, 0.1) is 0 Å². The Morgan fingerprint density at radius 2 is 1.64 bits per heavy atom. The molecule has 0 saturated heterocycles. The molecule has 0 bridgehead atoms. The minimum atomic E-state index is -0.549. The molecule has 0 saturated carbocycles. The normalized spacial score (nSPS) is 15.1. The largest absolute Gasteiger partial charge is 0.489 e. The number of carbonyl (C=O) groups excluding carboxylic acids is 1. The number of rotatable bonds is 7. The van der Waals surface area contributed by atoms with E-state index in [4.69, 9.17) is 13.9 Å². The fourth-order valence-electron chi connectivity index (χ4n) is 4.22. The fourth-order valence-corrected chi connectivity index (χ4v) is 4.22. The van der Waals surface area contributed by atoms with Crippen LogP contribution in [-0.4, -0.2) is 31.1 Å². The van der Waals surface area contributed by atoms with Crippen LogP contribution in [0.1, 0.15) is 33.3 Å². The van der Waals surface area contributed by atoms with Gasteiger partial charge in [-0.15, -0.1) is 0 Å². The predicted molar refractivity (Wildman–Crippen MR) is 124 cm³/mol. The number of carbonyl (C=O) groups is 1. The molecule has 0 spiro atoms. The Labute approximate surface area is 191 Å². The molecule has 1 atom stereocenters. The number of amides is 1. The first-order valence-electron chi connectivity index (χ1n) is 10.8. The van der Waals surface area contributed by atoms with Gasteiger partial charge in [0.25, 0.3) is 5.91 Å². The average Bonchev–Trinajstić information content (AvgIpc) is 3.14. The summed E-state index contributed by atoms with van der Waals surface area (Å²) in [4.78, 5) is 28.3. The number of para-hydroxylation sites is 1. The van der Waals surface area contributed by atoms with E-state index < -0.39 is 6.04 Å². The average molecular weight is 441 g/mol. The summed E-state index contributed by atoms with van der Waals surface area (Å²) < 4.78 is 17.0. The van der Waals surface area contributed by atoms with Crippen LogP contribution in [0.15, 0.2) is 88.1 Å². The molecule has 4 aromatic rings.